The van der Waals surface area contributed by atoms with E-state index in [2.05, 4.69) is 43.5 Å². The second kappa shape index (κ2) is 72.8. The van der Waals surface area contributed by atoms with Crippen LogP contribution < -0.4 is 5.32 Å². The average molecular weight is 1170 g/mol. The number of esters is 1. The monoisotopic (exact) mass is 1170 g/mol. The number of hydrogen-bond donors (Lipinski definition) is 3. The number of amides is 1. The van der Waals surface area contributed by atoms with E-state index in [1.165, 1.54) is 353 Å². The molecule has 0 aromatic carbocycles. The highest BCUT2D eigenvalue weighted by atomic mass is 16.5. The second-order valence-electron chi connectivity index (χ2n) is 26.3. The lowest BCUT2D eigenvalue weighted by Gasteiger charge is -2.22. The van der Waals surface area contributed by atoms with E-state index >= 15 is 0 Å². The molecule has 0 radical (unpaired) electrons. The zero-order chi connectivity index (χ0) is 59.9. The van der Waals surface area contributed by atoms with Crippen molar-refractivity contribution in [3.63, 3.8) is 0 Å². The summed E-state index contributed by atoms with van der Waals surface area (Å²) < 4.78 is 5.50. The fraction of sp³-hybridized carbons (Fsp3) is 0.922. The van der Waals surface area contributed by atoms with Gasteiger partial charge in [0.2, 0.25) is 5.91 Å². The summed E-state index contributed by atoms with van der Waals surface area (Å²) in [5, 5.41) is 23.4. The fourth-order valence-corrected chi connectivity index (χ4v) is 12.2. The highest BCUT2D eigenvalue weighted by Crippen LogP contribution is 2.19. The van der Waals surface area contributed by atoms with E-state index in [9.17, 15) is 19.8 Å². The first-order valence-corrected chi connectivity index (χ1v) is 38.1. The molecule has 0 heterocycles. The molecule has 0 rings (SSSR count). The van der Waals surface area contributed by atoms with Gasteiger partial charge in [-0.3, -0.25) is 9.59 Å². The summed E-state index contributed by atoms with van der Waals surface area (Å²) in [6.07, 6.45) is 92.5. The number of carbonyl (C=O) groups excluding carboxylic acids is 2. The predicted octanol–water partition coefficient (Wildman–Crippen LogP) is 24.9. The molecule has 0 spiro atoms. The maximum atomic E-state index is 12.6. The molecule has 3 N–H and O–H groups in total. The predicted molar refractivity (Wildman–Crippen MR) is 366 cm³/mol. The third-order valence-corrected chi connectivity index (χ3v) is 18.0. The number of ether oxygens (including phenoxy) is 1. The summed E-state index contributed by atoms with van der Waals surface area (Å²) in [6.45, 7) is 4.99. The van der Waals surface area contributed by atoms with Crippen molar-refractivity contribution in [2.75, 3.05) is 13.2 Å². The van der Waals surface area contributed by atoms with Crippen LogP contribution in [0.15, 0.2) is 24.3 Å². The van der Waals surface area contributed by atoms with Crippen LogP contribution >= 0.6 is 0 Å². The number of hydrogen-bond acceptors (Lipinski definition) is 5. The summed E-state index contributed by atoms with van der Waals surface area (Å²) in [7, 11) is 0. The van der Waals surface area contributed by atoms with Crippen LogP contribution in [0.25, 0.3) is 0 Å². The number of allylic oxidation sites excluding steroid dienone is 4. The SMILES string of the molecule is CCCCCCCCC/C=C\CCCCCCCC(=O)OCCCCCCCCCCCCCC/C=C\CCCCCCCCCCCCCCC(=O)NC(CO)C(O)CCCCCCCCCCCCCCCCCCCCCCCC. The van der Waals surface area contributed by atoms with Gasteiger partial charge in [0.05, 0.1) is 25.4 Å². The van der Waals surface area contributed by atoms with Crippen molar-refractivity contribution in [1.29, 1.82) is 0 Å². The second-order valence-corrected chi connectivity index (χ2v) is 26.3. The molecule has 0 aromatic heterocycles. The molecule has 492 valence electrons. The highest BCUT2D eigenvalue weighted by Gasteiger charge is 2.20. The summed E-state index contributed by atoms with van der Waals surface area (Å²) in [5.41, 5.74) is 0. The zero-order valence-electron chi connectivity index (χ0n) is 56.5. The van der Waals surface area contributed by atoms with E-state index in [-0.39, 0.29) is 18.5 Å². The highest BCUT2D eigenvalue weighted by molar-refractivity contribution is 5.76. The van der Waals surface area contributed by atoms with Gasteiger partial charge in [0.25, 0.3) is 0 Å². The first-order valence-electron chi connectivity index (χ1n) is 38.1. The van der Waals surface area contributed by atoms with Gasteiger partial charge >= 0.3 is 5.97 Å². The Morgan fingerprint density at radius 1 is 0.325 bits per heavy atom. The number of aliphatic hydroxyl groups excluding tert-OH is 2. The van der Waals surface area contributed by atoms with Crippen molar-refractivity contribution in [2.45, 2.75) is 443 Å². The van der Waals surface area contributed by atoms with E-state index in [0.717, 1.165) is 44.9 Å². The average Bonchev–Trinajstić information content (AvgIpc) is 3.49. The number of rotatable bonds is 72. The van der Waals surface area contributed by atoms with Crippen LogP contribution in [0.1, 0.15) is 431 Å². The first-order chi connectivity index (χ1) is 41.0. The number of unbranched alkanes of at least 4 members (excludes halogenated alkanes) is 57. The largest absolute Gasteiger partial charge is 0.466 e. The van der Waals surface area contributed by atoms with Crippen molar-refractivity contribution >= 4 is 11.9 Å². The van der Waals surface area contributed by atoms with Crippen LogP contribution in [0.4, 0.5) is 0 Å². The molecule has 2 atom stereocenters. The van der Waals surface area contributed by atoms with Gasteiger partial charge in [-0.1, -0.05) is 366 Å². The molecule has 2 unspecified atom stereocenters. The normalized spacial score (nSPS) is 12.6. The van der Waals surface area contributed by atoms with Crippen LogP contribution in [0.2, 0.25) is 0 Å². The molecule has 0 saturated carbocycles. The fourth-order valence-electron chi connectivity index (χ4n) is 12.2. The minimum absolute atomic E-state index is 0.00947. The lowest BCUT2D eigenvalue weighted by molar-refractivity contribution is -0.143. The maximum Gasteiger partial charge on any atom is 0.305 e. The molecular formula is C77H149NO5. The molecule has 0 bridgehead atoms. The first kappa shape index (κ1) is 81.3. The molecule has 1 amide bonds. The van der Waals surface area contributed by atoms with Crippen molar-refractivity contribution < 1.29 is 24.5 Å². The van der Waals surface area contributed by atoms with Gasteiger partial charge in [0.15, 0.2) is 0 Å². The van der Waals surface area contributed by atoms with E-state index in [4.69, 9.17) is 4.74 Å². The Labute approximate surface area is 520 Å². The van der Waals surface area contributed by atoms with E-state index in [1.807, 2.05) is 0 Å². The molecular weight excluding hydrogens is 1020 g/mol. The Bertz CT molecular complexity index is 1300. The summed E-state index contributed by atoms with van der Waals surface area (Å²) >= 11 is 0. The Morgan fingerprint density at radius 2 is 0.566 bits per heavy atom. The van der Waals surface area contributed by atoms with Crippen LogP contribution in [-0.2, 0) is 14.3 Å². The molecule has 0 aliphatic heterocycles. The van der Waals surface area contributed by atoms with E-state index < -0.39 is 12.1 Å². The Morgan fingerprint density at radius 3 is 0.855 bits per heavy atom. The number of nitrogens with one attached hydrogen (secondary N) is 1. The van der Waals surface area contributed by atoms with Crippen LogP contribution in [-0.4, -0.2) is 47.4 Å². The van der Waals surface area contributed by atoms with Crippen LogP contribution in [0, 0.1) is 0 Å². The summed E-state index contributed by atoms with van der Waals surface area (Å²) in [4.78, 5) is 24.7. The van der Waals surface area contributed by atoms with Crippen molar-refractivity contribution in [1.82, 2.24) is 5.32 Å². The van der Waals surface area contributed by atoms with Gasteiger partial charge in [-0.15, -0.1) is 0 Å². The Kier molecular flexibility index (Phi) is 71.4. The molecule has 83 heavy (non-hydrogen) atoms. The van der Waals surface area contributed by atoms with Crippen molar-refractivity contribution in [3.05, 3.63) is 24.3 Å². The molecule has 0 saturated heterocycles. The lowest BCUT2D eigenvalue weighted by atomic mass is 10.0. The smallest absolute Gasteiger partial charge is 0.305 e. The van der Waals surface area contributed by atoms with Gasteiger partial charge < -0.3 is 20.3 Å². The van der Waals surface area contributed by atoms with Crippen LogP contribution in [0.5, 0.6) is 0 Å². The van der Waals surface area contributed by atoms with Crippen molar-refractivity contribution in [2.24, 2.45) is 0 Å². The van der Waals surface area contributed by atoms with E-state index in [1.54, 1.807) is 0 Å². The molecule has 6 nitrogen and oxygen atoms in total. The summed E-state index contributed by atoms with van der Waals surface area (Å²) in [6, 6.07) is -0.543. The Hall–Kier alpha value is -1.66. The van der Waals surface area contributed by atoms with E-state index in [0.29, 0.717) is 25.9 Å². The lowest BCUT2D eigenvalue weighted by Crippen LogP contribution is -2.45. The quantitative estimate of drug-likeness (QED) is 0.0320. The minimum atomic E-state index is -0.665. The molecule has 6 heteroatoms. The number of aliphatic hydroxyl groups is 2. The minimum Gasteiger partial charge on any atom is -0.466 e. The third kappa shape index (κ3) is 69.3. The van der Waals surface area contributed by atoms with Gasteiger partial charge in [0.1, 0.15) is 0 Å². The third-order valence-electron chi connectivity index (χ3n) is 18.0. The van der Waals surface area contributed by atoms with Gasteiger partial charge in [-0.2, -0.15) is 0 Å². The Balaban J connectivity index is 3.37. The zero-order valence-corrected chi connectivity index (χ0v) is 56.5. The van der Waals surface area contributed by atoms with Gasteiger partial charge in [-0.05, 0) is 77.0 Å². The van der Waals surface area contributed by atoms with Crippen molar-refractivity contribution in [3.8, 4) is 0 Å². The molecule has 0 aromatic rings. The maximum absolute atomic E-state index is 12.6. The summed E-state index contributed by atoms with van der Waals surface area (Å²) in [5.74, 6) is -0.0204. The molecule has 0 aliphatic carbocycles. The molecule has 0 aliphatic rings. The van der Waals surface area contributed by atoms with Gasteiger partial charge in [0, 0.05) is 12.8 Å². The number of carbonyl (C=O) groups is 2. The molecule has 0 fully saturated rings. The van der Waals surface area contributed by atoms with Gasteiger partial charge in [-0.25, -0.2) is 0 Å². The van der Waals surface area contributed by atoms with Crippen LogP contribution in [0.3, 0.4) is 0 Å². The topological polar surface area (TPSA) is 95.9 Å². The standard InChI is InChI=1S/C77H149NO5/c1-3-5-7-9-11-13-15-17-19-21-22-23-32-35-38-41-45-49-53-57-61-65-69-75(80)74(73-79)78-76(81)70-66-62-58-54-50-46-42-39-36-33-30-28-26-24-25-27-29-31-34-37-40-44-48-52-56-60-64-68-72-83-77(82)71-67-63-59-55-51-47-43-20-18-16-14-12-10-8-6-4-2/h20,24-25,43,74-75,79-80H,3-19,21-23,26-42,44-73H2,1-2H3,(H,78,81)/b25-24-,43-20-.